The van der Waals surface area contributed by atoms with Crippen molar-refractivity contribution in [3.8, 4) is 0 Å². The minimum Gasteiger partial charge on any atom is -0.356 e. The first kappa shape index (κ1) is 13.7. The third-order valence-corrected chi connectivity index (χ3v) is 3.65. The van der Waals surface area contributed by atoms with Gasteiger partial charge in [-0.2, -0.15) is 0 Å². The van der Waals surface area contributed by atoms with Crippen LogP contribution in [0.15, 0.2) is 41.9 Å². The Bertz CT molecular complexity index is 451. The lowest BCUT2D eigenvalue weighted by molar-refractivity contribution is 0.540. The molecule has 0 saturated heterocycles. The summed E-state index contributed by atoms with van der Waals surface area (Å²) >= 11 is 0. The van der Waals surface area contributed by atoms with Gasteiger partial charge in [-0.05, 0) is 30.4 Å². The van der Waals surface area contributed by atoms with Gasteiger partial charge in [-0.1, -0.05) is 30.3 Å². The standard InChI is InChI=1S/C16H23N3/c1-3-11-18-16(17-2)19-12-14-9-6-8-13-7-4-5-10-15(13)14/h3-5,7,10,14H,1,6,8-9,11-12H2,2H3,(H2,17,18,19). The maximum absolute atomic E-state index is 4.21. The minimum atomic E-state index is 0.590. The largest absolute Gasteiger partial charge is 0.356 e. The molecule has 0 bridgehead atoms. The lowest BCUT2D eigenvalue weighted by Gasteiger charge is -2.26. The average molecular weight is 257 g/mol. The van der Waals surface area contributed by atoms with Crippen molar-refractivity contribution in [3.63, 3.8) is 0 Å². The number of aliphatic imine (C=N–C) groups is 1. The van der Waals surface area contributed by atoms with Crippen molar-refractivity contribution in [1.82, 2.24) is 10.6 Å². The molecule has 0 fully saturated rings. The first-order valence-corrected chi connectivity index (χ1v) is 6.98. The topological polar surface area (TPSA) is 36.4 Å². The van der Waals surface area contributed by atoms with Gasteiger partial charge in [0.15, 0.2) is 5.96 Å². The molecule has 19 heavy (non-hydrogen) atoms. The van der Waals surface area contributed by atoms with Crippen LogP contribution >= 0.6 is 0 Å². The summed E-state index contributed by atoms with van der Waals surface area (Å²) in [7, 11) is 1.80. The highest BCUT2D eigenvalue weighted by molar-refractivity contribution is 5.79. The molecule has 102 valence electrons. The Morgan fingerprint density at radius 1 is 1.42 bits per heavy atom. The van der Waals surface area contributed by atoms with Crippen molar-refractivity contribution in [2.75, 3.05) is 20.1 Å². The van der Waals surface area contributed by atoms with Crippen LogP contribution in [0, 0.1) is 0 Å². The van der Waals surface area contributed by atoms with E-state index in [4.69, 9.17) is 0 Å². The van der Waals surface area contributed by atoms with E-state index in [-0.39, 0.29) is 0 Å². The summed E-state index contributed by atoms with van der Waals surface area (Å²) in [5, 5.41) is 6.61. The summed E-state index contributed by atoms with van der Waals surface area (Å²) in [5.41, 5.74) is 3.01. The van der Waals surface area contributed by atoms with Gasteiger partial charge < -0.3 is 10.6 Å². The number of rotatable bonds is 4. The van der Waals surface area contributed by atoms with Gasteiger partial charge in [0.05, 0.1) is 0 Å². The molecule has 0 spiro atoms. The van der Waals surface area contributed by atoms with E-state index in [0.29, 0.717) is 5.92 Å². The van der Waals surface area contributed by atoms with Crippen LogP contribution in [-0.4, -0.2) is 26.1 Å². The van der Waals surface area contributed by atoms with E-state index in [1.165, 1.54) is 30.4 Å². The number of hydrogen-bond donors (Lipinski definition) is 2. The summed E-state index contributed by atoms with van der Waals surface area (Å²) < 4.78 is 0. The average Bonchev–Trinajstić information content (AvgIpc) is 2.47. The molecule has 1 aliphatic rings. The molecule has 0 aliphatic heterocycles. The maximum Gasteiger partial charge on any atom is 0.191 e. The first-order chi connectivity index (χ1) is 9.35. The minimum absolute atomic E-state index is 0.590. The number of hydrogen-bond acceptors (Lipinski definition) is 1. The summed E-state index contributed by atoms with van der Waals surface area (Å²) in [5.74, 6) is 1.44. The normalized spacial score (nSPS) is 18.6. The molecule has 0 heterocycles. The molecule has 0 aromatic heterocycles. The zero-order chi connectivity index (χ0) is 13.5. The molecule has 0 radical (unpaired) electrons. The molecular weight excluding hydrogens is 234 g/mol. The lowest BCUT2D eigenvalue weighted by Crippen LogP contribution is -2.39. The van der Waals surface area contributed by atoms with E-state index in [1.807, 2.05) is 6.08 Å². The van der Waals surface area contributed by atoms with E-state index < -0.39 is 0 Å². The number of benzene rings is 1. The van der Waals surface area contributed by atoms with Gasteiger partial charge in [0.2, 0.25) is 0 Å². The van der Waals surface area contributed by atoms with E-state index in [0.717, 1.165) is 19.0 Å². The van der Waals surface area contributed by atoms with Gasteiger partial charge >= 0.3 is 0 Å². The van der Waals surface area contributed by atoms with Crippen LogP contribution in [0.2, 0.25) is 0 Å². The highest BCUT2D eigenvalue weighted by Gasteiger charge is 2.19. The molecule has 3 nitrogen and oxygen atoms in total. The zero-order valence-electron chi connectivity index (χ0n) is 11.7. The van der Waals surface area contributed by atoms with Gasteiger partial charge in [-0.25, -0.2) is 0 Å². The monoisotopic (exact) mass is 257 g/mol. The van der Waals surface area contributed by atoms with Gasteiger partial charge in [-0.3, -0.25) is 4.99 Å². The predicted molar refractivity (Wildman–Crippen MR) is 81.7 cm³/mol. The number of nitrogens with zero attached hydrogens (tertiary/aromatic N) is 1. The van der Waals surface area contributed by atoms with Crippen molar-refractivity contribution in [1.29, 1.82) is 0 Å². The number of aryl methyl sites for hydroxylation is 1. The quantitative estimate of drug-likeness (QED) is 0.494. The van der Waals surface area contributed by atoms with Crippen molar-refractivity contribution in [3.05, 3.63) is 48.0 Å². The van der Waals surface area contributed by atoms with Crippen molar-refractivity contribution < 1.29 is 0 Å². The second-order valence-corrected chi connectivity index (χ2v) is 4.91. The van der Waals surface area contributed by atoms with Crippen LogP contribution in [0.1, 0.15) is 29.9 Å². The van der Waals surface area contributed by atoms with Gasteiger partial charge in [0.25, 0.3) is 0 Å². The van der Waals surface area contributed by atoms with Gasteiger partial charge in [0, 0.05) is 26.1 Å². The molecule has 1 aliphatic carbocycles. The SMILES string of the molecule is C=CCNC(=NC)NCC1CCCc2ccccc21. The van der Waals surface area contributed by atoms with E-state index >= 15 is 0 Å². The third kappa shape index (κ3) is 3.60. The first-order valence-electron chi connectivity index (χ1n) is 6.98. The van der Waals surface area contributed by atoms with Crippen LogP contribution in [0.5, 0.6) is 0 Å². The number of guanidine groups is 1. The van der Waals surface area contributed by atoms with E-state index in [1.54, 1.807) is 7.05 Å². The summed E-state index contributed by atoms with van der Waals surface area (Å²) in [4.78, 5) is 4.21. The summed E-state index contributed by atoms with van der Waals surface area (Å²) in [6.07, 6.45) is 5.59. The number of fused-ring (bicyclic) bond motifs is 1. The Hall–Kier alpha value is -1.77. The molecule has 1 aromatic carbocycles. The Balaban J connectivity index is 1.95. The molecule has 0 saturated carbocycles. The van der Waals surface area contributed by atoms with Gasteiger partial charge in [0.1, 0.15) is 0 Å². The molecule has 1 aromatic rings. The molecular formula is C16H23N3. The molecule has 2 N–H and O–H groups in total. The highest BCUT2D eigenvalue weighted by Crippen LogP contribution is 2.30. The second kappa shape index (κ2) is 6.98. The smallest absolute Gasteiger partial charge is 0.191 e. The van der Waals surface area contributed by atoms with Crippen LogP contribution in [0.3, 0.4) is 0 Å². The fourth-order valence-corrected chi connectivity index (χ4v) is 2.68. The van der Waals surface area contributed by atoms with Crippen LogP contribution in [0.4, 0.5) is 0 Å². The van der Waals surface area contributed by atoms with Crippen molar-refractivity contribution >= 4 is 5.96 Å². The molecule has 1 atom stereocenters. The molecule has 2 rings (SSSR count). The van der Waals surface area contributed by atoms with Crippen molar-refractivity contribution in [2.24, 2.45) is 4.99 Å². The fraction of sp³-hybridized carbons (Fsp3) is 0.438. The Labute approximate surface area is 115 Å². The van der Waals surface area contributed by atoms with Crippen molar-refractivity contribution in [2.45, 2.75) is 25.2 Å². The lowest BCUT2D eigenvalue weighted by atomic mass is 9.83. The molecule has 0 amide bonds. The zero-order valence-corrected chi connectivity index (χ0v) is 11.7. The molecule has 3 heteroatoms. The highest BCUT2D eigenvalue weighted by atomic mass is 15.2. The second-order valence-electron chi connectivity index (χ2n) is 4.91. The maximum atomic E-state index is 4.21. The van der Waals surface area contributed by atoms with E-state index in [2.05, 4.69) is 46.5 Å². The van der Waals surface area contributed by atoms with Gasteiger partial charge in [-0.15, -0.1) is 6.58 Å². The fourth-order valence-electron chi connectivity index (χ4n) is 2.68. The van der Waals surface area contributed by atoms with Crippen LogP contribution in [0.25, 0.3) is 0 Å². The predicted octanol–water partition coefficient (Wildman–Crippen LogP) is 2.46. The number of nitrogens with one attached hydrogen (secondary N) is 2. The Kier molecular flexibility index (Phi) is 5.01. The Morgan fingerprint density at radius 3 is 3.05 bits per heavy atom. The summed E-state index contributed by atoms with van der Waals surface area (Å²) in [6, 6.07) is 8.80. The molecule has 1 unspecified atom stereocenters. The Morgan fingerprint density at radius 2 is 2.26 bits per heavy atom. The van der Waals surface area contributed by atoms with E-state index in [9.17, 15) is 0 Å². The van der Waals surface area contributed by atoms with Crippen LogP contribution in [-0.2, 0) is 6.42 Å². The summed E-state index contributed by atoms with van der Waals surface area (Å²) in [6.45, 7) is 5.38. The third-order valence-electron chi connectivity index (χ3n) is 3.65. The van der Waals surface area contributed by atoms with Crippen LogP contribution < -0.4 is 10.6 Å².